The van der Waals surface area contributed by atoms with Crippen molar-refractivity contribution in [3.05, 3.63) is 42.1 Å². The Morgan fingerprint density at radius 2 is 2.27 bits per heavy atom. The zero-order chi connectivity index (χ0) is 15.4. The van der Waals surface area contributed by atoms with Gasteiger partial charge in [0.05, 0.1) is 11.6 Å². The lowest BCUT2D eigenvalue weighted by atomic mass is 10.0. The van der Waals surface area contributed by atoms with Gasteiger partial charge in [-0.05, 0) is 30.2 Å². The van der Waals surface area contributed by atoms with Crippen molar-refractivity contribution in [3.63, 3.8) is 0 Å². The molecule has 2 heterocycles. The van der Waals surface area contributed by atoms with Crippen molar-refractivity contribution in [2.24, 2.45) is 5.92 Å². The fourth-order valence-electron chi connectivity index (χ4n) is 2.86. The summed E-state index contributed by atoms with van der Waals surface area (Å²) in [6.45, 7) is 1.91. The molecule has 5 heteroatoms. The molecule has 0 unspecified atom stereocenters. The summed E-state index contributed by atoms with van der Waals surface area (Å²) in [6, 6.07) is 10.1. The summed E-state index contributed by atoms with van der Waals surface area (Å²) < 4.78 is 0. The minimum atomic E-state index is -0.404. The maximum Gasteiger partial charge on any atom is 0.220 e. The number of aliphatic hydroxyl groups is 1. The van der Waals surface area contributed by atoms with Crippen LogP contribution >= 0.6 is 0 Å². The van der Waals surface area contributed by atoms with Gasteiger partial charge in [0.15, 0.2) is 0 Å². The summed E-state index contributed by atoms with van der Waals surface area (Å²) in [7, 11) is 0. The summed E-state index contributed by atoms with van der Waals surface area (Å²) in [5, 5.41) is 16.8. The number of fused-ring (bicyclic) bond motifs is 1. The Kier molecular flexibility index (Phi) is 4.65. The molecule has 1 aliphatic rings. The maximum absolute atomic E-state index is 11.9. The van der Waals surface area contributed by atoms with E-state index in [9.17, 15) is 9.90 Å². The zero-order valence-corrected chi connectivity index (χ0v) is 12.5. The van der Waals surface area contributed by atoms with Crippen molar-refractivity contribution >= 4 is 16.8 Å². The van der Waals surface area contributed by atoms with Crippen molar-refractivity contribution < 1.29 is 9.90 Å². The van der Waals surface area contributed by atoms with Crippen LogP contribution in [0.2, 0.25) is 0 Å². The molecule has 0 radical (unpaired) electrons. The van der Waals surface area contributed by atoms with Gasteiger partial charge < -0.3 is 15.7 Å². The number of β-amino-alcohol motifs (C(OH)–C–C–N with tert-alkyl or cyclic N) is 1. The first kappa shape index (κ1) is 14.9. The van der Waals surface area contributed by atoms with Crippen LogP contribution in [-0.2, 0) is 11.2 Å². The third kappa shape index (κ3) is 3.61. The summed E-state index contributed by atoms with van der Waals surface area (Å²) in [5.74, 6) is 0.0435. The predicted molar refractivity (Wildman–Crippen MR) is 85.4 cm³/mol. The lowest BCUT2D eigenvalue weighted by Gasteiger charge is -2.13. The number of carbonyl (C=O) groups is 1. The molecule has 0 spiro atoms. The van der Waals surface area contributed by atoms with Crippen molar-refractivity contribution in [1.82, 2.24) is 15.6 Å². The fraction of sp³-hybridized carbons (Fsp3) is 0.412. The van der Waals surface area contributed by atoms with E-state index in [1.807, 2.05) is 24.3 Å². The lowest BCUT2D eigenvalue weighted by Crippen LogP contribution is -2.30. The monoisotopic (exact) mass is 299 g/mol. The molecule has 1 aliphatic heterocycles. The number of aliphatic hydroxyl groups excluding tert-OH is 1. The van der Waals surface area contributed by atoms with Gasteiger partial charge in [-0.1, -0.05) is 12.1 Å². The highest BCUT2D eigenvalue weighted by molar-refractivity contribution is 5.79. The molecule has 5 nitrogen and oxygen atoms in total. The lowest BCUT2D eigenvalue weighted by molar-refractivity contribution is -0.122. The number of nitrogens with zero attached hydrogens (tertiary/aromatic N) is 1. The average molecular weight is 299 g/mol. The molecule has 0 aliphatic carbocycles. The number of carbonyl (C=O) groups excluding carboxylic acids is 1. The number of amides is 1. The van der Waals surface area contributed by atoms with E-state index >= 15 is 0 Å². The number of aromatic nitrogens is 1. The van der Waals surface area contributed by atoms with Gasteiger partial charge in [-0.3, -0.25) is 9.78 Å². The van der Waals surface area contributed by atoms with Crippen LogP contribution in [0.25, 0.3) is 10.9 Å². The normalized spacial score (nSPS) is 21.1. The summed E-state index contributed by atoms with van der Waals surface area (Å²) in [4.78, 5) is 16.2. The van der Waals surface area contributed by atoms with Crippen LogP contribution in [0.4, 0.5) is 0 Å². The summed E-state index contributed by atoms with van der Waals surface area (Å²) in [6.07, 6.45) is 2.56. The Morgan fingerprint density at radius 1 is 1.36 bits per heavy atom. The van der Waals surface area contributed by atoms with E-state index in [2.05, 4.69) is 21.7 Å². The Morgan fingerprint density at radius 3 is 3.09 bits per heavy atom. The molecule has 2 aromatic rings. The van der Waals surface area contributed by atoms with Gasteiger partial charge in [-0.2, -0.15) is 0 Å². The van der Waals surface area contributed by atoms with Crippen LogP contribution in [0.15, 0.2) is 36.5 Å². The van der Waals surface area contributed by atoms with E-state index in [0.717, 1.165) is 17.3 Å². The molecule has 0 saturated carbocycles. The van der Waals surface area contributed by atoms with Crippen molar-refractivity contribution in [2.45, 2.75) is 18.9 Å². The molecule has 1 fully saturated rings. The number of hydrogen-bond donors (Lipinski definition) is 3. The van der Waals surface area contributed by atoms with E-state index in [4.69, 9.17) is 0 Å². The third-order valence-electron chi connectivity index (χ3n) is 4.15. The molecule has 22 heavy (non-hydrogen) atoms. The summed E-state index contributed by atoms with van der Waals surface area (Å²) >= 11 is 0. The number of benzene rings is 1. The molecule has 116 valence electrons. The van der Waals surface area contributed by atoms with E-state index in [1.165, 1.54) is 5.56 Å². The molecular weight excluding hydrogens is 278 g/mol. The second kappa shape index (κ2) is 6.85. The second-order valence-corrected chi connectivity index (χ2v) is 5.82. The first-order valence-corrected chi connectivity index (χ1v) is 7.71. The Bertz CT molecular complexity index is 659. The smallest absolute Gasteiger partial charge is 0.220 e. The van der Waals surface area contributed by atoms with Gasteiger partial charge in [0.2, 0.25) is 5.91 Å². The molecule has 0 bridgehead atoms. The molecular formula is C17H21N3O2. The number of rotatable bonds is 5. The molecule has 1 amide bonds. The van der Waals surface area contributed by atoms with Crippen LogP contribution in [0.5, 0.6) is 0 Å². The van der Waals surface area contributed by atoms with Crippen LogP contribution in [0, 0.1) is 5.92 Å². The highest BCUT2D eigenvalue weighted by Gasteiger charge is 2.26. The van der Waals surface area contributed by atoms with Crippen LogP contribution < -0.4 is 10.6 Å². The van der Waals surface area contributed by atoms with E-state index < -0.39 is 6.10 Å². The van der Waals surface area contributed by atoms with E-state index in [1.54, 1.807) is 6.20 Å². The van der Waals surface area contributed by atoms with Gasteiger partial charge in [-0.15, -0.1) is 0 Å². The van der Waals surface area contributed by atoms with Gasteiger partial charge in [0.1, 0.15) is 0 Å². The average Bonchev–Trinajstić information content (AvgIpc) is 2.92. The van der Waals surface area contributed by atoms with Crippen LogP contribution in [0.1, 0.15) is 12.0 Å². The predicted octanol–water partition coefficient (Wildman–Crippen LogP) is 0.864. The summed E-state index contributed by atoms with van der Waals surface area (Å²) in [5.41, 5.74) is 2.17. The first-order valence-electron chi connectivity index (χ1n) is 7.71. The molecule has 3 rings (SSSR count). The minimum absolute atomic E-state index is 0.00945. The second-order valence-electron chi connectivity index (χ2n) is 5.82. The highest BCUT2D eigenvalue weighted by Crippen LogP contribution is 2.14. The number of nitrogens with one attached hydrogen (secondary N) is 2. The Balaban J connectivity index is 1.48. The van der Waals surface area contributed by atoms with E-state index in [-0.39, 0.29) is 11.8 Å². The fourth-order valence-corrected chi connectivity index (χ4v) is 2.86. The van der Waals surface area contributed by atoms with Crippen molar-refractivity contribution in [2.75, 3.05) is 19.6 Å². The molecule has 3 N–H and O–H groups in total. The van der Waals surface area contributed by atoms with Gasteiger partial charge in [0, 0.05) is 43.6 Å². The van der Waals surface area contributed by atoms with Crippen molar-refractivity contribution in [1.29, 1.82) is 0 Å². The molecule has 1 aromatic carbocycles. The Hall–Kier alpha value is -1.98. The SMILES string of the molecule is O=C(C[C@@H]1CNC[C@H]1O)NCCc1ccc2ncccc2c1. The standard InChI is InChI=1S/C17H21N3O2/c21-16-11-18-10-14(16)9-17(22)20-7-5-12-3-4-15-13(8-12)2-1-6-19-15/h1-4,6,8,14,16,18,21H,5,7,9-11H2,(H,20,22)/t14-,16-/m1/s1. The first-order chi connectivity index (χ1) is 10.7. The van der Waals surface area contributed by atoms with Gasteiger partial charge in [0.25, 0.3) is 0 Å². The van der Waals surface area contributed by atoms with E-state index in [0.29, 0.717) is 26.1 Å². The number of hydrogen-bond acceptors (Lipinski definition) is 4. The van der Waals surface area contributed by atoms with Crippen LogP contribution in [-0.4, -0.2) is 41.7 Å². The maximum atomic E-state index is 11.9. The molecule has 2 atom stereocenters. The van der Waals surface area contributed by atoms with Crippen LogP contribution in [0.3, 0.4) is 0 Å². The van der Waals surface area contributed by atoms with Gasteiger partial charge in [-0.25, -0.2) is 0 Å². The van der Waals surface area contributed by atoms with Gasteiger partial charge >= 0.3 is 0 Å². The largest absolute Gasteiger partial charge is 0.391 e. The molecule has 1 saturated heterocycles. The highest BCUT2D eigenvalue weighted by atomic mass is 16.3. The zero-order valence-electron chi connectivity index (χ0n) is 12.5. The Labute approximate surface area is 129 Å². The third-order valence-corrected chi connectivity index (χ3v) is 4.15. The molecule has 1 aromatic heterocycles. The topological polar surface area (TPSA) is 74.2 Å². The number of pyridine rings is 1. The minimum Gasteiger partial charge on any atom is -0.391 e. The van der Waals surface area contributed by atoms with Crippen molar-refractivity contribution in [3.8, 4) is 0 Å². The quantitative estimate of drug-likeness (QED) is 0.766.